The van der Waals surface area contributed by atoms with E-state index in [2.05, 4.69) is 0 Å². The minimum absolute atomic E-state index is 0.00842. The number of halogens is 1. The summed E-state index contributed by atoms with van der Waals surface area (Å²) in [6.45, 7) is 0. The van der Waals surface area contributed by atoms with Crippen molar-refractivity contribution < 1.29 is 13.9 Å². The lowest BCUT2D eigenvalue weighted by atomic mass is 10.2. The molecule has 0 aliphatic rings. The molecular formula is C18H15FN2O2. The lowest BCUT2D eigenvalue weighted by Crippen LogP contribution is -1.94. The Balaban J connectivity index is 1.90. The fourth-order valence-corrected chi connectivity index (χ4v) is 1.99. The fourth-order valence-electron chi connectivity index (χ4n) is 1.99. The highest BCUT2D eigenvalue weighted by Gasteiger charge is 2.13. The highest BCUT2D eigenvalue weighted by atomic mass is 19.1. The third-order valence-electron chi connectivity index (χ3n) is 3.14. The number of benzene rings is 3. The number of nitrogen functional groups attached to an aromatic ring is 2. The Morgan fingerprint density at radius 3 is 1.74 bits per heavy atom. The van der Waals surface area contributed by atoms with Gasteiger partial charge in [0.15, 0.2) is 11.6 Å². The zero-order chi connectivity index (χ0) is 16.2. The molecule has 4 N–H and O–H groups in total. The zero-order valence-electron chi connectivity index (χ0n) is 12.2. The Morgan fingerprint density at radius 1 is 0.652 bits per heavy atom. The maximum absolute atomic E-state index is 14.1. The van der Waals surface area contributed by atoms with Crippen LogP contribution < -0.4 is 20.9 Å². The van der Waals surface area contributed by atoms with Crippen molar-refractivity contribution in [2.24, 2.45) is 0 Å². The SMILES string of the molecule is Nc1ccc(Oc2cccc(F)c2Oc2ccc(N)cc2)cc1. The minimum Gasteiger partial charge on any atom is -0.453 e. The van der Waals surface area contributed by atoms with Crippen LogP contribution in [0.15, 0.2) is 66.7 Å². The summed E-state index contributed by atoms with van der Waals surface area (Å²) in [7, 11) is 0. The Kier molecular flexibility index (Phi) is 4.01. The van der Waals surface area contributed by atoms with Gasteiger partial charge in [0.05, 0.1) is 0 Å². The van der Waals surface area contributed by atoms with E-state index in [1.54, 1.807) is 60.7 Å². The van der Waals surface area contributed by atoms with Gasteiger partial charge in [0.25, 0.3) is 0 Å². The summed E-state index contributed by atoms with van der Waals surface area (Å²) < 4.78 is 25.4. The molecule has 4 nitrogen and oxygen atoms in total. The van der Waals surface area contributed by atoms with Gasteiger partial charge in [0.1, 0.15) is 11.5 Å². The largest absolute Gasteiger partial charge is 0.453 e. The topological polar surface area (TPSA) is 70.5 Å². The molecule has 3 aromatic carbocycles. The van der Waals surface area contributed by atoms with Crippen LogP contribution in [-0.4, -0.2) is 0 Å². The number of nitrogens with two attached hydrogens (primary N) is 2. The molecule has 0 aromatic heterocycles. The number of ether oxygens (including phenoxy) is 2. The van der Waals surface area contributed by atoms with Crippen LogP contribution in [0.25, 0.3) is 0 Å². The predicted octanol–water partition coefficient (Wildman–Crippen LogP) is 4.57. The minimum atomic E-state index is -0.519. The van der Waals surface area contributed by atoms with E-state index in [0.717, 1.165) is 0 Å². The number of hydrogen-bond donors (Lipinski definition) is 2. The van der Waals surface area contributed by atoms with Crippen LogP contribution in [0.2, 0.25) is 0 Å². The Morgan fingerprint density at radius 2 is 1.17 bits per heavy atom. The summed E-state index contributed by atoms with van der Waals surface area (Å²) in [4.78, 5) is 0. The number of para-hydroxylation sites is 1. The van der Waals surface area contributed by atoms with Crippen molar-refractivity contribution in [1.82, 2.24) is 0 Å². The quantitative estimate of drug-likeness (QED) is 0.692. The summed E-state index contributed by atoms with van der Waals surface area (Å²) >= 11 is 0. The van der Waals surface area contributed by atoms with Gasteiger partial charge in [-0.15, -0.1) is 0 Å². The van der Waals surface area contributed by atoms with Crippen molar-refractivity contribution in [2.45, 2.75) is 0 Å². The van der Waals surface area contributed by atoms with Crippen molar-refractivity contribution in [3.05, 3.63) is 72.5 Å². The highest BCUT2D eigenvalue weighted by molar-refractivity contribution is 5.49. The average Bonchev–Trinajstić information content (AvgIpc) is 2.55. The van der Waals surface area contributed by atoms with Gasteiger partial charge in [-0.25, -0.2) is 4.39 Å². The first kappa shape index (κ1) is 14.7. The second kappa shape index (κ2) is 6.27. The van der Waals surface area contributed by atoms with Crippen LogP contribution in [0.4, 0.5) is 15.8 Å². The molecule has 5 heteroatoms. The molecule has 0 spiro atoms. The van der Waals surface area contributed by atoms with Crippen LogP contribution >= 0.6 is 0 Å². The summed E-state index contributed by atoms with van der Waals surface area (Å²) in [5, 5.41) is 0. The van der Waals surface area contributed by atoms with Gasteiger partial charge >= 0.3 is 0 Å². The molecule has 0 saturated heterocycles. The second-order valence-corrected chi connectivity index (χ2v) is 4.91. The molecule has 0 amide bonds. The lowest BCUT2D eigenvalue weighted by Gasteiger charge is -2.13. The smallest absolute Gasteiger partial charge is 0.205 e. The van der Waals surface area contributed by atoms with Crippen molar-refractivity contribution in [2.75, 3.05) is 11.5 Å². The maximum atomic E-state index is 14.1. The zero-order valence-corrected chi connectivity index (χ0v) is 12.2. The fraction of sp³-hybridized carbons (Fsp3) is 0. The van der Waals surface area contributed by atoms with Crippen LogP contribution in [-0.2, 0) is 0 Å². The van der Waals surface area contributed by atoms with Gasteiger partial charge in [-0.2, -0.15) is 0 Å². The van der Waals surface area contributed by atoms with E-state index >= 15 is 0 Å². The van der Waals surface area contributed by atoms with Crippen molar-refractivity contribution in [3.8, 4) is 23.0 Å². The van der Waals surface area contributed by atoms with Crippen molar-refractivity contribution >= 4 is 11.4 Å². The van der Waals surface area contributed by atoms with Crippen LogP contribution in [0.1, 0.15) is 0 Å². The van der Waals surface area contributed by atoms with E-state index in [1.807, 2.05) is 0 Å². The van der Waals surface area contributed by atoms with E-state index in [1.165, 1.54) is 6.07 Å². The Hall–Kier alpha value is -3.21. The first-order valence-corrected chi connectivity index (χ1v) is 6.97. The highest BCUT2D eigenvalue weighted by Crippen LogP contribution is 2.37. The molecule has 0 atom stereocenters. The average molecular weight is 310 g/mol. The van der Waals surface area contributed by atoms with E-state index in [0.29, 0.717) is 22.9 Å². The molecule has 0 saturated carbocycles. The summed E-state index contributed by atoms with van der Waals surface area (Å²) in [5.41, 5.74) is 12.5. The standard InChI is InChI=1S/C18H15FN2O2/c19-16-2-1-3-17(22-14-8-4-12(20)5-9-14)18(16)23-15-10-6-13(21)7-11-15/h1-11H,20-21H2. The third-order valence-corrected chi connectivity index (χ3v) is 3.14. The predicted molar refractivity (Wildman–Crippen MR) is 88.3 cm³/mol. The monoisotopic (exact) mass is 310 g/mol. The van der Waals surface area contributed by atoms with Gasteiger partial charge in [-0.05, 0) is 60.7 Å². The van der Waals surface area contributed by atoms with E-state index in [-0.39, 0.29) is 11.5 Å². The molecule has 0 unspecified atom stereocenters. The van der Waals surface area contributed by atoms with Gasteiger partial charge in [0.2, 0.25) is 5.75 Å². The van der Waals surface area contributed by atoms with Crippen molar-refractivity contribution in [3.63, 3.8) is 0 Å². The van der Waals surface area contributed by atoms with Crippen LogP contribution in [0, 0.1) is 5.82 Å². The molecule has 3 rings (SSSR count). The number of anilines is 2. The Labute approximate surface area is 133 Å². The molecule has 0 aliphatic heterocycles. The molecule has 3 aromatic rings. The van der Waals surface area contributed by atoms with Crippen molar-refractivity contribution in [1.29, 1.82) is 0 Å². The van der Waals surface area contributed by atoms with Gasteiger partial charge in [0, 0.05) is 11.4 Å². The van der Waals surface area contributed by atoms with E-state index in [9.17, 15) is 4.39 Å². The molecule has 0 heterocycles. The summed E-state index contributed by atoms with van der Waals surface area (Å²) in [5.74, 6) is 0.758. The van der Waals surface area contributed by atoms with E-state index < -0.39 is 5.82 Å². The Bertz CT molecular complexity index is 802. The first-order valence-electron chi connectivity index (χ1n) is 6.97. The van der Waals surface area contributed by atoms with Crippen LogP contribution in [0.5, 0.6) is 23.0 Å². The van der Waals surface area contributed by atoms with Gasteiger partial charge < -0.3 is 20.9 Å². The molecule has 0 radical (unpaired) electrons. The molecule has 116 valence electrons. The van der Waals surface area contributed by atoms with Gasteiger partial charge in [-0.3, -0.25) is 0 Å². The van der Waals surface area contributed by atoms with E-state index in [4.69, 9.17) is 20.9 Å². The van der Waals surface area contributed by atoms with Gasteiger partial charge in [-0.1, -0.05) is 6.07 Å². The number of hydrogen-bond acceptors (Lipinski definition) is 4. The summed E-state index contributed by atoms with van der Waals surface area (Å²) in [6.07, 6.45) is 0. The summed E-state index contributed by atoms with van der Waals surface area (Å²) in [6, 6.07) is 18.0. The first-order chi connectivity index (χ1) is 11.1. The molecular weight excluding hydrogens is 295 g/mol. The lowest BCUT2D eigenvalue weighted by molar-refractivity contribution is 0.394. The normalized spacial score (nSPS) is 10.3. The second-order valence-electron chi connectivity index (χ2n) is 4.91. The molecule has 0 fully saturated rings. The molecule has 23 heavy (non-hydrogen) atoms. The molecule has 0 bridgehead atoms. The maximum Gasteiger partial charge on any atom is 0.205 e. The third kappa shape index (κ3) is 3.52. The van der Waals surface area contributed by atoms with Crippen LogP contribution in [0.3, 0.4) is 0 Å². The molecule has 0 aliphatic carbocycles. The number of rotatable bonds is 4.